The number of thiol groups is 1. The number of alkyl halides is 3. The second-order valence-electron chi connectivity index (χ2n) is 2.40. The number of hydrogen-bond acceptors (Lipinski definition) is 2. The molecule has 0 radical (unpaired) electrons. The summed E-state index contributed by atoms with van der Waals surface area (Å²) in [5, 5.41) is 0. The van der Waals surface area contributed by atoms with E-state index in [9.17, 15) is 13.2 Å². The lowest BCUT2D eigenvalue weighted by atomic mass is 10.4. The molecule has 0 amide bonds. The van der Waals surface area contributed by atoms with Gasteiger partial charge in [-0.1, -0.05) is 0 Å². The van der Waals surface area contributed by atoms with E-state index in [0.717, 1.165) is 16.7 Å². The molecule has 1 rings (SSSR count). The van der Waals surface area contributed by atoms with Crippen LogP contribution in [0.3, 0.4) is 0 Å². The van der Waals surface area contributed by atoms with Crippen molar-refractivity contribution in [1.82, 2.24) is 0 Å². The molecule has 0 saturated carbocycles. The maximum Gasteiger partial charge on any atom is 0.398 e. The van der Waals surface area contributed by atoms with Crippen LogP contribution in [-0.2, 0) is 0 Å². The van der Waals surface area contributed by atoms with Crippen molar-refractivity contribution in [1.29, 1.82) is 0 Å². The number of rotatable bonds is 2. The van der Waals surface area contributed by atoms with Gasteiger partial charge in [-0.2, -0.15) is 13.2 Å². The average molecular weight is 224 g/mol. The van der Waals surface area contributed by atoms with E-state index in [1.807, 2.05) is 0 Å². The van der Waals surface area contributed by atoms with E-state index < -0.39 is 11.9 Å². The molecule has 0 heterocycles. The molecule has 0 saturated heterocycles. The summed E-state index contributed by atoms with van der Waals surface area (Å²) in [6.45, 7) is 0. The minimum atomic E-state index is -4.11. The summed E-state index contributed by atoms with van der Waals surface area (Å²) in [5.41, 5.74) is 0. The van der Waals surface area contributed by atoms with Gasteiger partial charge in [-0.15, -0.1) is 24.4 Å². The maximum atomic E-state index is 11.8. The molecule has 0 fully saturated rings. The smallest absolute Gasteiger partial charge is 0.170 e. The van der Waals surface area contributed by atoms with E-state index >= 15 is 0 Å². The van der Waals surface area contributed by atoms with Crippen LogP contribution in [0, 0.1) is 0 Å². The van der Waals surface area contributed by atoms with Crippen LogP contribution in [0.1, 0.15) is 0 Å². The Morgan fingerprint density at radius 3 is 2.15 bits per heavy atom. The molecule has 0 N–H and O–H groups in total. The fourth-order valence-electron chi connectivity index (χ4n) is 0.708. The van der Waals surface area contributed by atoms with E-state index in [0.29, 0.717) is 4.90 Å². The van der Waals surface area contributed by atoms with Gasteiger partial charge in [0, 0.05) is 9.79 Å². The molecule has 13 heavy (non-hydrogen) atoms. The third-order valence-electron chi connectivity index (χ3n) is 1.24. The predicted octanol–water partition coefficient (Wildman–Crippen LogP) is 3.63. The van der Waals surface area contributed by atoms with Gasteiger partial charge >= 0.3 is 6.18 Å². The first kappa shape index (κ1) is 10.8. The van der Waals surface area contributed by atoms with Gasteiger partial charge in [-0.05, 0) is 24.3 Å². The fraction of sp³-hybridized carbons (Fsp3) is 0.250. The number of benzene rings is 1. The Morgan fingerprint density at radius 1 is 1.15 bits per heavy atom. The van der Waals surface area contributed by atoms with Gasteiger partial charge < -0.3 is 0 Å². The van der Waals surface area contributed by atoms with Crippen LogP contribution < -0.4 is 0 Å². The van der Waals surface area contributed by atoms with Crippen LogP contribution in [-0.4, -0.2) is 11.9 Å². The minimum absolute atomic E-state index is 0.607. The Bertz CT molecular complexity index is 266. The molecule has 0 atom stereocenters. The normalized spacial score (nSPS) is 11.7. The third kappa shape index (κ3) is 4.47. The highest BCUT2D eigenvalue weighted by Gasteiger charge is 2.26. The van der Waals surface area contributed by atoms with E-state index in [1.54, 1.807) is 24.3 Å². The summed E-state index contributed by atoms with van der Waals surface area (Å²) in [5.74, 6) is -0.848. The Kier molecular flexibility index (Phi) is 3.55. The summed E-state index contributed by atoms with van der Waals surface area (Å²) in [6.07, 6.45) is -4.11. The summed E-state index contributed by atoms with van der Waals surface area (Å²) in [4.78, 5) is 1.35. The lowest BCUT2D eigenvalue weighted by Crippen LogP contribution is -2.10. The summed E-state index contributed by atoms with van der Waals surface area (Å²) in [7, 11) is 0. The van der Waals surface area contributed by atoms with Crippen molar-refractivity contribution in [2.75, 3.05) is 5.75 Å². The van der Waals surface area contributed by atoms with Crippen LogP contribution in [0.4, 0.5) is 13.2 Å². The molecule has 5 heteroatoms. The zero-order chi connectivity index (χ0) is 9.90. The quantitative estimate of drug-likeness (QED) is 0.591. The monoisotopic (exact) mass is 224 g/mol. The van der Waals surface area contributed by atoms with Crippen molar-refractivity contribution in [2.24, 2.45) is 0 Å². The van der Waals surface area contributed by atoms with Crippen LogP contribution in [0.5, 0.6) is 0 Å². The molecule has 0 bridgehead atoms. The van der Waals surface area contributed by atoms with E-state index in [-0.39, 0.29) is 0 Å². The predicted molar refractivity (Wildman–Crippen MR) is 50.5 cm³/mol. The van der Waals surface area contributed by atoms with Crippen molar-refractivity contribution in [3.05, 3.63) is 24.3 Å². The van der Waals surface area contributed by atoms with E-state index in [1.165, 1.54) is 0 Å². The van der Waals surface area contributed by atoms with Gasteiger partial charge in [0.2, 0.25) is 0 Å². The Labute approximate surface area is 83.9 Å². The largest absolute Gasteiger partial charge is 0.398 e. The molecule has 72 valence electrons. The maximum absolute atomic E-state index is 11.8. The third-order valence-corrected chi connectivity index (χ3v) is 2.61. The lowest BCUT2D eigenvalue weighted by Gasteiger charge is -2.05. The standard InChI is InChI=1S/C8H7F3S2/c9-8(10,11)5-13-7-3-1-6(12)2-4-7/h1-4,12H,5H2. The molecule has 0 nitrogen and oxygen atoms in total. The first-order valence-electron chi connectivity index (χ1n) is 3.46. The molecule has 0 aromatic heterocycles. The highest BCUT2D eigenvalue weighted by Crippen LogP contribution is 2.27. The Hall–Kier alpha value is -0.290. The van der Waals surface area contributed by atoms with Gasteiger partial charge in [0.15, 0.2) is 0 Å². The number of halogens is 3. The van der Waals surface area contributed by atoms with Crippen molar-refractivity contribution in [2.45, 2.75) is 16.0 Å². The lowest BCUT2D eigenvalue weighted by molar-refractivity contribution is -0.105. The van der Waals surface area contributed by atoms with Crippen LogP contribution >= 0.6 is 24.4 Å². The molecule has 0 unspecified atom stereocenters. The van der Waals surface area contributed by atoms with Crippen LogP contribution in [0.2, 0.25) is 0 Å². The van der Waals surface area contributed by atoms with Gasteiger partial charge in [0.05, 0.1) is 5.75 Å². The zero-order valence-corrected chi connectivity index (χ0v) is 8.22. The second kappa shape index (κ2) is 4.28. The first-order valence-corrected chi connectivity index (χ1v) is 4.89. The second-order valence-corrected chi connectivity index (χ2v) is 3.96. The SMILES string of the molecule is FC(F)(F)CSc1ccc(S)cc1. The van der Waals surface area contributed by atoms with Crippen molar-refractivity contribution < 1.29 is 13.2 Å². The number of thioether (sulfide) groups is 1. The zero-order valence-electron chi connectivity index (χ0n) is 6.51. The van der Waals surface area contributed by atoms with E-state index in [4.69, 9.17) is 0 Å². The molecular weight excluding hydrogens is 217 g/mol. The van der Waals surface area contributed by atoms with Crippen molar-refractivity contribution in [3.63, 3.8) is 0 Å². The van der Waals surface area contributed by atoms with Gasteiger partial charge in [-0.25, -0.2) is 0 Å². The average Bonchev–Trinajstić information content (AvgIpc) is 2.02. The highest BCUT2D eigenvalue weighted by atomic mass is 32.2. The molecule has 1 aromatic carbocycles. The fourth-order valence-corrected chi connectivity index (χ4v) is 1.52. The molecule has 1 aromatic rings. The molecule has 0 aliphatic carbocycles. The van der Waals surface area contributed by atoms with Gasteiger partial charge in [0.1, 0.15) is 0 Å². The highest BCUT2D eigenvalue weighted by molar-refractivity contribution is 7.99. The Morgan fingerprint density at radius 2 is 1.69 bits per heavy atom. The summed E-state index contributed by atoms with van der Waals surface area (Å²) < 4.78 is 35.4. The van der Waals surface area contributed by atoms with Crippen LogP contribution in [0.15, 0.2) is 34.1 Å². The topological polar surface area (TPSA) is 0 Å². The first-order chi connectivity index (χ1) is 5.97. The summed E-state index contributed by atoms with van der Waals surface area (Å²) >= 11 is 4.80. The molecule has 0 aliphatic rings. The Balaban J connectivity index is 2.51. The molecule has 0 aliphatic heterocycles. The molecule has 0 spiro atoms. The van der Waals surface area contributed by atoms with Crippen molar-refractivity contribution in [3.8, 4) is 0 Å². The van der Waals surface area contributed by atoms with Crippen LogP contribution in [0.25, 0.3) is 0 Å². The van der Waals surface area contributed by atoms with Gasteiger partial charge in [-0.3, -0.25) is 0 Å². The van der Waals surface area contributed by atoms with E-state index in [2.05, 4.69) is 12.6 Å². The minimum Gasteiger partial charge on any atom is -0.170 e. The molecular formula is C8H7F3S2. The van der Waals surface area contributed by atoms with Gasteiger partial charge in [0.25, 0.3) is 0 Å². The van der Waals surface area contributed by atoms with Crippen molar-refractivity contribution >= 4 is 24.4 Å². The number of hydrogen-bond donors (Lipinski definition) is 1. The summed E-state index contributed by atoms with van der Waals surface area (Å²) in [6, 6.07) is 6.58.